The number of aliphatic hydroxyl groups excluding tert-OH is 1. The van der Waals surface area contributed by atoms with Crippen molar-refractivity contribution >= 4 is 5.91 Å². The summed E-state index contributed by atoms with van der Waals surface area (Å²) in [7, 11) is 2.07. The highest BCUT2D eigenvalue weighted by Crippen LogP contribution is 2.12. The van der Waals surface area contributed by atoms with Crippen molar-refractivity contribution < 1.29 is 9.90 Å². The van der Waals surface area contributed by atoms with E-state index in [1.54, 1.807) is 4.90 Å². The van der Waals surface area contributed by atoms with Gasteiger partial charge >= 0.3 is 0 Å². The Bertz CT molecular complexity index is 184. The SMILES string of the molecule is C[C@@H]1CN(C(=O)CO)C[C@H](C)N1C. The van der Waals surface area contributed by atoms with Crippen LogP contribution >= 0.6 is 0 Å². The van der Waals surface area contributed by atoms with E-state index in [1.165, 1.54) is 0 Å². The van der Waals surface area contributed by atoms with Crippen molar-refractivity contribution in [3.05, 3.63) is 0 Å². The van der Waals surface area contributed by atoms with Crippen LogP contribution in [0.25, 0.3) is 0 Å². The van der Waals surface area contributed by atoms with Gasteiger partial charge in [0.15, 0.2) is 0 Å². The molecule has 1 rings (SSSR count). The molecular weight excluding hydrogens is 168 g/mol. The van der Waals surface area contributed by atoms with E-state index in [-0.39, 0.29) is 12.5 Å². The Morgan fingerprint density at radius 2 is 1.85 bits per heavy atom. The average Bonchev–Trinajstić information content (AvgIpc) is 2.12. The summed E-state index contributed by atoms with van der Waals surface area (Å²) in [5, 5.41) is 8.72. The molecule has 0 aromatic rings. The number of hydrogen-bond acceptors (Lipinski definition) is 3. The van der Waals surface area contributed by atoms with Crippen LogP contribution in [0.5, 0.6) is 0 Å². The predicted molar refractivity (Wildman–Crippen MR) is 50.4 cm³/mol. The third-order valence-electron chi connectivity index (χ3n) is 2.85. The van der Waals surface area contributed by atoms with Gasteiger partial charge in [0.25, 0.3) is 0 Å². The van der Waals surface area contributed by atoms with E-state index in [4.69, 9.17) is 5.11 Å². The standard InChI is InChI=1S/C9H18N2O2/c1-7-4-11(9(13)6-12)5-8(2)10(7)3/h7-8,12H,4-6H2,1-3H3/t7-,8+. The molecule has 1 saturated heterocycles. The van der Waals surface area contributed by atoms with Crippen molar-refractivity contribution in [2.75, 3.05) is 26.7 Å². The fourth-order valence-electron chi connectivity index (χ4n) is 1.71. The molecule has 4 heteroatoms. The molecule has 0 unspecified atom stereocenters. The van der Waals surface area contributed by atoms with Crippen LogP contribution in [0.2, 0.25) is 0 Å². The van der Waals surface area contributed by atoms with Crippen LogP contribution in [0.3, 0.4) is 0 Å². The summed E-state index contributed by atoms with van der Waals surface area (Å²) < 4.78 is 0. The minimum atomic E-state index is -0.372. The second-order valence-corrected chi connectivity index (χ2v) is 3.82. The summed E-state index contributed by atoms with van der Waals surface area (Å²) >= 11 is 0. The molecular formula is C9H18N2O2. The Kier molecular flexibility index (Phi) is 3.27. The highest BCUT2D eigenvalue weighted by atomic mass is 16.3. The van der Waals surface area contributed by atoms with Crippen LogP contribution in [-0.2, 0) is 4.79 Å². The number of carbonyl (C=O) groups excluding carboxylic acids is 1. The van der Waals surface area contributed by atoms with Gasteiger partial charge in [-0.3, -0.25) is 9.69 Å². The van der Waals surface area contributed by atoms with E-state index in [0.717, 1.165) is 13.1 Å². The summed E-state index contributed by atoms with van der Waals surface area (Å²) in [5.41, 5.74) is 0. The van der Waals surface area contributed by atoms with Gasteiger partial charge in [0, 0.05) is 25.2 Å². The normalized spacial score (nSPS) is 30.6. The summed E-state index contributed by atoms with van der Waals surface area (Å²) in [6.45, 7) is 5.25. The maximum absolute atomic E-state index is 11.2. The van der Waals surface area contributed by atoms with Crippen LogP contribution < -0.4 is 0 Å². The van der Waals surface area contributed by atoms with Gasteiger partial charge in [0.05, 0.1) is 0 Å². The Labute approximate surface area is 79.1 Å². The molecule has 76 valence electrons. The third-order valence-corrected chi connectivity index (χ3v) is 2.85. The van der Waals surface area contributed by atoms with E-state index in [2.05, 4.69) is 25.8 Å². The lowest BCUT2D eigenvalue weighted by Crippen LogP contribution is -2.56. The van der Waals surface area contributed by atoms with Gasteiger partial charge in [-0.25, -0.2) is 0 Å². The summed E-state index contributed by atoms with van der Waals surface area (Å²) in [5.74, 6) is -0.160. The molecule has 0 aromatic carbocycles. The first kappa shape index (κ1) is 10.5. The molecule has 1 aliphatic heterocycles. The first-order valence-corrected chi connectivity index (χ1v) is 4.66. The van der Waals surface area contributed by atoms with E-state index in [0.29, 0.717) is 12.1 Å². The third kappa shape index (κ3) is 2.19. The van der Waals surface area contributed by atoms with E-state index in [1.807, 2.05) is 0 Å². The van der Waals surface area contributed by atoms with Crippen LogP contribution in [0.1, 0.15) is 13.8 Å². The zero-order valence-corrected chi connectivity index (χ0v) is 8.53. The maximum Gasteiger partial charge on any atom is 0.248 e. The van der Waals surface area contributed by atoms with E-state index >= 15 is 0 Å². The van der Waals surface area contributed by atoms with Gasteiger partial charge < -0.3 is 10.0 Å². The number of hydrogen-bond donors (Lipinski definition) is 1. The Hall–Kier alpha value is -0.610. The summed E-state index contributed by atoms with van der Waals surface area (Å²) in [4.78, 5) is 15.2. The van der Waals surface area contributed by atoms with Crippen molar-refractivity contribution in [2.45, 2.75) is 25.9 Å². The summed E-state index contributed by atoms with van der Waals surface area (Å²) in [6, 6.07) is 0.749. The minimum Gasteiger partial charge on any atom is -0.387 e. The lowest BCUT2D eigenvalue weighted by molar-refractivity contribution is -0.138. The number of amides is 1. The average molecular weight is 186 g/mol. The lowest BCUT2D eigenvalue weighted by Gasteiger charge is -2.42. The quantitative estimate of drug-likeness (QED) is 0.602. The number of likely N-dealkylation sites (N-methyl/N-ethyl adjacent to an activating group) is 1. The van der Waals surface area contributed by atoms with Gasteiger partial charge in [0.1, 0.15) is 6.61 Å². The first-order chi connectivity index (χ1) is 6.06. The Morgan fingerprint density at radius 3 is 2.23 bits per heavy atom. The monoisotopic (exact) mass is 186 g/mol. The Morgan fingerprint density at radius 1 is 1.38 bits per heavy atom. The smallest absolute Gasteiger partial charge is 0.248 e. The van der Waals surface area contributed by atoms with Crippen LogP contribution in [0.15, 0.2) is 0 Å². The number of piperazine rings is 1. The van der Waals surface area contributed by atoms with Crippen LogP contribution in [0.4, 0.5) is 0 Å². The molecule has 0 bridgehead atoms. The number of aliphatic hydroxyl groups is 1. The van der Waals surface area contributed by atoms with Crippen molar-refractivity contribution in [1.29, 1.82) is 0 Å². The maximum atomic E-state index is 11.2. The summed E-state index contributed by atoms with van der Waals surface area (Å²) in [6.07, 6.45) is 0. The topological polar surface area (TPSA) is 43.8 Å². The molecule has 2 atom stereocenters. The van der Waals surface area contributed by atoms with Crippen LogP contribution in [0, 0.1) is 0 Å². The van der Waals surface area contributed by atoms with Crippen molar-refractivity contribution in [3.63, 3.8) is 0 Å². The molecule has 1 amide bonds. The molecule has 1 N–H and O–H groups in total. The van der Waals surface area contributed by atoms with Crippen molar-refractivity contribution in [1.82, 2.24) is 9.80 Å². The molecule has 0 aliphatic carbocycles. The minimum absolute atomic E-state index is 0.160. The highest BCUT2D eigenvalue weighted by Gasteiger charge is 2.28. The van der Waals surface area contributed by atoms with E-state index in [9.17, 15) is 4.79 Å². The van der Waals surface area contributed by atoms with Gasteiger partial charge in [0.2, 0.25) is 5.91 Å². The lowest BCUT2D eigenvalue weighted by atomic mass is 10.1. The van der Waals surface area contributed by atoms with Crippen LogP contribution in [-0.4, -0.2) is 59.6 Å². The molecule has 13 heavy (non-hydrogen) atoms. The van der Waals surface area contributed by atoms with Gasteiger partial charge in [-0.2, -0.15) is 0 Å². The number of rotatable bonds is 1. The molecule has 0 saturated carbocycles. The van der Waals surface area contributed by atoms with E-state index < -0.39 is 0 Å². The number of carbonyl (C=O) groups is 1. The second-order valence-electron chi connectivity index (χ2n) is 3.82. The largest absolute Gasteiger partial charge is 0.387 e. The predicted octanol–water partition coefficient (Wildman–Crippen LogP) is -0.470. The molecule has 1 fully saturated rings. The number of nitrogens with zero attached hydrogens (tertiary/aromatic N) is 2. The second kappa shape index (κ2) is 4.07. The van der Waals surface area contributed by atoms with Gasteiger partial charge in [-0.1, -0.05) is 0 Å². The molecule has 1 heterocycles. The highest BCUT2D eigenvalue weighted by molar-refractivity contribution is 5.77. The van der Waals surface area contributed by atoms with Gasteiger partial charge in [-0.15, -0.1) is 0 Å². The fourth-order valence-corrected chi connectivity index (χ4v) is 1.71. The molecule has 4 nitrogen and oxygen atoms in total. The molecule has 0 spiro atoms. The fraction of sp³-hybridized carbons (Fsp3) is 0.889. The zero-order chi connectivity index (χ0) is 10.0. The van der Waals surface area contributed by atoms with Crippen molar-refractivity contribution in [2.24, 2.45) is 0 Å². The van der Waals surface area contributed by atoms with Gasteiger partial charge in [-0.05, 0) is 20.9 Å². The zero-order valence-electron chi connectivity index (χ0n) is 8.53. The first-order valence-electron chi connectivity index (χ1n) is 4.66. The molecule has 0 radical (unpaired) electrons. The Balaban J connectivity index is 2.58. The molecule has 1 aliphatic rings. The van der Waals surface area contributed by atoms with Crippen molar-refractivity contribution in [3.8, 4) is 0 Å². The molecule has 0 aromatic heterocycles.